The van der Waals surface area contributed by atoms with Gasteiger partial charge >= 0.3 is 5.97 Å². The number of unbranched alkanes of at least 4 members (excludes halogenated alkanes) is 13. The number of rotatable bonds is 17. The van der Waals surface area contributed by atoms with Gasteiger partial charge in [-0.3, -0.25) is 0 Å². The standard InChI is InChI=1S/C25H46O2/c1-3-5-6-7-8-9-10-11-12-13-14-15-16-17-19-23-20-18-21-24(22-23)27-25(26)4-2/h4,23-24H,2-3,5-22H2,1H3. The van der Waals surface area contributed by atoms with E-state index in [1.807, 2.05) is 0 Å². The average molecular weight is 379 g/mol. The van der Waals surface area contributed by atoms with E-state index in [1.165, 1.54) is 115 Å². The molecule has 158 valence electrons. The summed E-state index contributed by atoms with van der Waals surface area (Å²) in [5.41, 5.74) is 0. The molecule has 0 aromatic carbocycles. The topological polar surface area (TPSA) is 26.3 Å². The Morgan fingerprint density at radius 3 is 1.89 bits per heavy atom. The van der Waals surface area contributed by atoms with Gasteiger partial charge in [-0.2, -0.15) is 0 Å². The summed E-state index contributed by atoms with van der Waals surface area (Å²) in [7, 11) is 0. The van der Waals surface area contributed by atoms with Gasteiger partial charge in [0, 0.05) is 6.08 Å². The molecule has 0 radical (unpaired) electrons. The molecule has 0 spiro atoms. The number of carbonyl (C=O) groups is 1. The van der Waals surface area contributed by atoms with Gasteiger partial charge in [0.2, 0.25) is 0 Å². The van der Waals surface area contributed by atoms with Gasteiger partial charge in [-0.05, 0) is 25.2 Å². The summed E-state index contributed by atoms with van der Waals surface area (Å²) in [6.07, 6.45) is 27.3. The number of carbonyl (C=O) groups excluding carboxylic acids is 1. The Morgan fingerprint density at radius 2 is 1.37 bits per heavy atom. The third kappa shape index (κ3) is 13.9. The lowest BCUT2D eigenvalue weighted by Crippen LogP contribution is -2.24. The first-order chi connectivity index (χ1) is 13.3. The second kappa shape index (κ2) is 17.3. The molecule has 1 rings (SSSR count). The van der Waals surface area contributed by atoms with E-state index in [-0.39, 0.29) is 12.1 Å². The monoisotopic (exact) mass is 378 g/mol. The molecule has 0 heterocycles. The summed E-state index contributed by atoms with van der Waals surface area (Å²) in [6.45, 7) is 5.78. The normalized spacial score (nSPS) is 19.7. The van der Waals surface area contributed by atoms with E-state index >= 15 is 0 Å². The molecule has 1 aliphatic carbocycles. The van der Waals surface area contributed by atoms with Crippen LogP contribution >= 0.6 is 0 Å². The molecule has 0 aliphatic heterocycles. The second-order valence-corrected chi connectivity index (χ2v) is 8.68. The van der Waals surface area contributed by atoms with Crippen LogP contribution in [0.4, 0.5) is 0 Å². The van der Waals surface area contributed by atoms with Crippen LogP contribution in [0.15, 0.2) is 12.7 Å². The third-order valence-corrected chi connectivity index (χ3v) is 6.15. The van der Waals surface area contributed by atoms with Crippen molar-refractivity contribution in [3.63, 3.8) is 0 Å². The summed E-state index contributed by atoms with van der Waals surface area (Å²) >= 11 is 0. The molecule has 2 heteroatoms. The van der Waals surface area contributed by atoms with Crippen molar-refractivity contribution < 1.29 is 9.53 Å². The van der Waals surface area contributed by atoms with Crippen molar-refractivity contribution in [1.29, 1.82) is 0 Å². The molecule has 1 fully saturated rings. The van der Waals surface area contributed by atoms with Crippen molar-refractivity contribution >= 4 is 5.97 Å². The Morgan fingerprint density at radius 1 is 0.852 bits per heavy atom. The molecule has 2 atom stereocenters. The lowest BCUT2D eigenvalue weighted by molar-refractivity contribution is -0.145. The molecule has 0 bridgehead atoms. The molecule has 2 nitrogen and oxygen atoms in total. The Labute approximate surface area is 169 Å². The fourth-order valence-corrected chi connectivity index (χ4v) is 4.45. The summed E-state index contributed by atoms with van der Waals surface area (Å²) < 4.78 is 5.44. The maximum atomic E-state index is 11.3. The predicted octanol–water partition coefficient (Wildman–Crippen LogP) is 8.15. The maximum absolute atomic E-state index is 11.3. The van der Waals surface area contributed by atoms with E-state index in [0.29, 0.717) is 0 Å². The lowest BCUT2D eigenvalue weighted by atomic mass is 9.84. The zero-order valence-electron chi connectivity index (χ0n) is 18.2. The maximum Gasteiger partial charge on any atom is 0.330 e. The molecule has 0 N–H and O–H groups in total. The highest BCUT2D eigenvalue weighted by atomic mass is 16.5. The van der Waals surface area contributed by atoms with Gasteiger partial charge in [0.05, 0.1) is 0 Å². The SMILES string of the molecule is C=CC(=O)OC1CCCC(CCCCCCCCCCCCCCCC)C1. The second-order valence-electron chi connectivity index (χ2n) is 8.68. The van der Waals surface area contributed by atoms with Crippen LogP contribution in [0, 0.1) is 5.92 Å². The van der Waals surface area contributed by atoms with Crippen LogP contribution in [-0.2, 0) is 9.53 Å². The molecule has 0 aromatic heterocycles. The van der Waals surface area contributed by atoms with E-state index in [9.17, 15) is 4.79 Å². The summed E-state index contributed by atoms with van der Waals surface area (Å²) in [6, 6.07) is 0. The van der Waals surface area contributed by atoms with Crippen molar-refractivity contribution in [1.82, 2.24) is 0 Å². The van der Waals surface area contributed by atoms with Gasteiger partial charge in [-0.1, -0.05) is 116 Å². The number of ether oxygens (including phenoxy) is 1. The molecule has 0 amide bonds. The zero-order chi connectivity index (χ0) is 19.6. The van der Waals surface area contributed by atoms with Crippen LogP contribution < -0.4 is 0 Å². The molecule has 1 aliphatic rings. The Bertz CT molecular complexity index is 363. The first kappa shape index (κ1) is 24.2. The summed E-state index contributed by atoms with van der Waals surface area (Å²) in [5.74, 6) is 0.510. The molecule has 27 heavy (non-hydrogen) atoms. The summed E-state index contributed by atoms with van der Waals surface area (Å²) in [4.78, 5) is 11.3. The Balaban J connectivity index is 1.84. The zero-order valence-corrected chi connectivity index (χ0v) is 18.2. The van der Waals surface area contributed by atoms with Gasteiger partial charge in [-0.25, -0.2) is 4.79 Å². The average Bonchev–Trinajstić information content (AvgIpc) is 2.68. The van der Waals surface area contributed by atoms with Crippen LogP contribution in [0.2, 0.25) is 0 Å². The van der Waals surface area contributed by atoms with Crippen molar-refractivity contribution in [3.8, 4) is 0 Å². The van der Waals surface area contributed by atoms with E-state index in [0.717, 1.165) is 18.8 Å². The highest BCUT2D eigenvalue weighted by Gasteiger charge is 2.23. The van der Waals surface area contributed by atoms with Crippen molar-refractivity contribution in [2.45, 2.75) is 135 Å². The number of hydrogen-bond donors (Lipinski definition) is 0. The lowest BCUT2D eigenvalue weighted by Gasteiger charge is -2.28. The Hall–Kier alpha value is -0.790. The Kier molecular flexibility index (Phi) is 15.6. The van der Waals surface area contributed by atoms with E-state index in [2.05, 4.69) is 13.5 Å². The smallest absolute Gasteiger partial charge is 0.330 e. The van der Waals surface area contributed by atoms with Crippen LogP contribution in [0.3, 0.4) is 0 Å². The quantitative estimate of drug-likeness (QED) is 0.145. The van der Waals surface area contributed by atoms with Crippen LogP contribution in [0.5, 0.6) is 0 Å². The first-order valence-electron chi connectivity index (χ1n) is 12.1. The van der Waals surface area contributed by atoms with E-state index in [1.54, 1.807) is 0 Å². The molecule has 2 unspecified atom stereocenters. The number of hydrogen-bond acceptors (Lipinski definition) is 2. The summed E-state index contributed by atoms with van der Waals surface area (Å²) in [5, 5.41) is 0. The minimum Gasteiger partial charge on any atom is -0.459 e. The van der Waals surface area contributed by atoms with Crippen molar-refractivity contribution in [2.75, 3.05) is 0 Å². The van der Waals surface area contributed by atoms with Crippen LogP contribution in [0.25, 0.3) is 0 Å². The fourth-order valence-electron chi connectivity index (χ4n) is 4.45. The van der Waals surface area contributed by atoms with Crippen LogP contribution in [0.1, 0.15) is 129 Å². The minimum atomic E-state index is -0.253. The first-order valence-corrected chi connectivity index (χ1v) is 12.1. The third-order valence-electron chi connectivity index (χ3n) is 6.15. The highest BCUT2D eigenvalue weighted by molar-refractivity contribution is 5.81. The van der Waals surface area contributed by atoms with Crippen molar-refractivity contribution in [3.05, 3.63) is 12.7 Å². The van der Waals surface area contributed by atoms with Crippen LogP contribution in [-0.4, -0.2) is 12.1 Å². The molecule has 1 saturated carbocycles. The van der Waals surface area contributed by atoms with E-state index in [4.69, 9.17) is 4.74 Å². The van der Waals surface area contributed by atoms with Gasteiger partial charge in [-0.15, -0.1) is 0 Å². The predicted molar refractivity (Wildman–Crippen MR) is 117 cm³/mol. The highest BCUT2D eigenvalue weighted by Crippen LogP contribution is 2.30. The van der Waals surface area contributed by atoms with E-state index < -0.39 is 0 Å². The molecule has 0 saturated heterocycles. The van der Waals surface area contributed by atoms with Gasteiger partial charge in [0.1, 0.15) is 6.10 Å². The molecular formula is C25H46O2. The van der Waals surface area contributed by atoms with Crippen molar-refractivity contribution in [2.24, 2.45) is 5.92 Å². The van der Waals surface area contributed by atoms with Gasteiger partial charge < -0.3 is 4.74 Å². The van der Waals surface area contributed by atoms with Gasteiger partial charge in [0.15, 0.2) is 0 Å². The largest absolute Gasteiger partial charge is 0.459 e. The molecular weight excluding hydrogens is 332 g/mol. The number of esters is 1. The van der Waals surface area contributed by atoms with Gasteiger partial charge in [0.25, 0.3) is 0 Å². The fraction of sp³-hybridized carbons (Fsp3) is 0.880. The molecule has 0 aromatic rings. The minimum absolute atomic E-state index is 0.140.